The summed E-state index contributed by atoms with van der Waals surface area (Å²) in [7, 11) is 0. The first-order valence-electron chi connectivity index (χ1n) is 6.39. The Morgan fingerprint density at radius 2 is 2.32 bits per heavy atom. The summed E-state index contributed by atoms with van der Waals surface area (Å²) in [4.78, 5) is 14.6. The van der Waals surface area contributed by atoms with Crippen molar-refractivity contribution in [2.24, 2.45) is 0 Å². The predicted octanol–water partition coefficient (Wildman–Crippen LogP) is 1.39. The lowest BCUT2D eigenvalue weighted by Crippen LogP contribution is -2.19. The molecule has 1 aliphatic rings. The lowest BCUT2D eigenvalue weighted by Gasteiger charge is -2.17. The number of rotatable bonds is 1. The summed E-state index contributed by atoms with van der Waals surface area (Å²) in [6.45, 7) is 2.72. The number of aromatic nitrogens is 1. The van der Waals surface area contributed by atoms with Crippen LogP contribution in [-0.2, 0) is 6.42 Å². The van der Waals surface area contributed by atoms with Crippen LogP contribution >= 0.6 is 11.3 Å². The van der Waals surface area contributed by atoms with Gasteiger partial charge in [-0.05, 0) is 49.1 Å². The molecule has 1 aliphatic heterocycles. The second-order valence-corrected chi connectivity index (χ2v) is 5.62. The molecule has 2 aromatic rings. The number of hydrogen-bond acceptors (Lipinski definition) is 3. The third kappa shape index (κ3) is 2.49. The molecule has 2 heterocycles. The number of ether oxygens (including phenoxy) is 1. The van der Waals surface area contributed by atoms with Gasteiger partial charge in [-0.1, -0.05) is 12.1 Å². The highest BCUT2D eigenvalue weighted by atomic mass is 32.1. The topological polar surface area (TPSA) is 42.1 Å². The van der Waals surface area contributed by atoms with E-state index < -0.39 is 0 Å². The number of nitrogens with one attached hydrogen (secondary N) is 1. The fraction of sp³-hybridized carbons (Fsp3) is 0.267. The van der Waals surface area contributed by atoms with Gasteiger partial charge >= 0.3 is 0 Å². The molecule has 0 radical (unpaired) electrons. The number of fused-ring (bicyclic) bond motifs is 1. The summed E-state index contributed by atoms with van der Waals surface area (Å²) in [6, 6.07) is 6.11. The van der Waals surface area contributed by atoms with Crippen molar-refractivity contribution < 1.29 is 4.74 Å². The van der Waals surface area contributed by atoms with Gasteiger partial charge in [-0.2, -0.15) is 0 Å². The van der Waals surface area contributed by atoms with Crippen molar-refractivity contribution in [3.05, 3.63) is 48.9 Å². The van der Waals surface area contributed by atoms with Gasteiger partial charge in [-0.3, -0.25) is 4.79 Å². The van der Waals surface area contributed by atoms with E-state index in [1.165, 1.54) is 16.9 Å². The van der Waals surface area contributed by atoms with Crippen LogP contribution in [0.25, 0.3) is 12.2 Å². The van der Waals surface area contributed by atoms with E-state index in [1.807, 2.05) is 31.2 Å². The Balaban J connectivity index is 2.07. The van der Waals surface area contributed by atoms with Crippen molar-refractivity contribution in [1.82, 2.24) is 4.98 Å². The molecule has 3 nitrogen and oxygen atoms in total. The highest BCUT2D eigenvalue weighted by Gasteiger charge is 2.09. The molecule has 0 unspecified atom stereocenters. The Kier molecular flexibility index (Phi) is 3.25. The van der Waals surface area contributed by atoms with Crippen LogP contribution in [0.4, 0.5) is 0 Å². The predicted molar refractivity (Wildman–Crippen MR) is 78.2 cm³/mol. The van der Waals surface area contributed by atoms with Gasteiger partial charge in [0.15, 0.2) is 0 Å². The molecule has 0 saturated heterocycles. The summed E-state index contributed by atoms with van der Waals surface area (Å²) in [5, 5.41) is 0. The third-order valence-corrected chi connectivity index (χ3v) is 4.25. The number of aryl methyl sites for hydroxylation is 1. The van der Waals surface area contributed by atoms with E-state index in [1.54, 1.807) is 0 Å². The molecular formula is C15H15NO2S. The van der Waals surface area contributed by atoms with Crippen LogP contribution in [0.15, 0.2) is 23.0 Å². The third-order valence-electron chi connectivity index (χ3n) is 3.17. The Morgan fingerprint density at radius 3 is 3.11 bits per heavy atom. The Bertz CT molecular complexity index is 770. The van der Waals surface area contributed by atoms with E-state index in [4.69, 9.17) is 4.74 Å². The fourth-order valence-electron chi connectivity index (χ4n) is 2.21. The second-order valence-electron chi connectivity index (χ2n) is 4.54. The fourth-order valence-corrected chi connectivity index (χ4v) is 3.05. The van der Waals surface area contributed by atoms with Gasteiger partial charge in [0.2, 0.25) is 0 Å². The maximum Gasteiger partial charge on any atom is 0.266 e. The van der Waals surface area contributed by atoms with Crippen LogP contribution < -0.4 is 19.5 Å². The number of benzene rings is 1. The molecule has 0 spiro atoms. The molecule has 3 rings (SSSR count). The van der Waals surface area contributed by atoms with E-state index in [9.17, 15) is 4.79 Å². The molecule has 0 bridgehead atoms. The highest BCUT2D eigenvalue weighted by Crippen LogP contribution is 2.25. The first kappa shape index (κ1) is 12.2. The molecule has 0 saturated carbocycles. The van der Waals surface area contributed by atoms with Crippen LogP contribution in [0.1, 0.15) is 24.5 Å². The van der Waals surface area contributed by atoms with E-state index >= 15 is 0 Å². The van der Waals surface area contributed by atoms with Crippen molar-refractivity contribution >= 4 is 23.5 Å². The maximum absolute atomic E-state index is 11.8. The van der Waals surface area contributed by atoms with E-state index in [0.717, 1.165) is 40.0 Å². The molecule has 0 atom stereocenters. The van der Waals surface area contributed by atoms with E-state index in [-0.39, 0.29) is 5.56 Å². The van der Waals surface area contributed by atoms with Gasteiger partial charge in [0.1, 0.15) is 5.75 Å². The molecule has 0 fully saturated rings. The SMILES string of the molecule is C/C=c1\[nH]c(=O)/c(=C/c2ccc3c(c2)CCCO3)s1. The summed E-state index contributed by atoms with van der Waals surface area (Å²) < 4.78 is 7.23. The minimum atomic E-state index is -0.0212. The first-order chi connectivity index (χ1) is 9.26. The van der Waals surface area contributed by atoms with Crippen LogP contribution in [0.2, 0.25) is 0 Å². The lowest BCUT2D eigenvalue weighted by molar-refractivity contribution is 0.288. The molecular weight excluding hydrogens is 258 g/mol. The van der Waals surface area contributed by atoms with Crippen LogP contribution in [0, 0.1) is 0 Å². The van der Waals surface area contributed by atoms with Crippen molar-refractivity contribution in [1.29, 1.82) is 0 Å². The van der Waals surface area contributed by atoms with Gasteiger partial charge in [0.05, 0.1) is 15.8 Å². The summed E-state index contributed by atoms with van der Waals surface area (Å²) in [6.07, 6.45) is 5.95. The Labute approximate surface area is 114 Å². The standard InChI is InChI=1S/C15H15NO2S/c1-2-14-16-15(17)13(19-14)9-10-5-6-12-11(8-10)4-3-7-18-12/h2,5-6,8-9H,3-4,7H2,1H3,(H,16,17)/b13-9-,14-2+. The first-order valence-corrected chi connectivity index (χ1v) is 7.21. The van der Waals surface area contributed by atoms with Gasteiger partial charge in [0, 0.05) is 0 Å². The zero-order valence-corrected chi connectivity index (χ0v) is 11.5. The minimum absolute atomic E-state index is 0.0212. The molecule has 1 aromatic heterocycles. The van der Waals surface area contributed by atoms with Crippen LogP contribution in [0.5, 0.6) is 5.75 Å². The molecule has 1 aromatic carbocycles. The van der Waals surface area contributed by atoms with Crippen LogP contribution in [0.3, 0.4) is 0 Å². The monoisotopic (exact) mass is 273 g/mol. The van der Waals surface area contributed by atoms with E-state index in [2.05, 4.69) is 11.1 Å². The average Bonchev–Trinajstić information content (AvgIpc) is 2.79. The quantitative estimate of drug-likeness (QED) is 0.853. The summed E-state index contributed by atoms with van der Waals surface area (Å²) >= 11 is 1.48. The van der Waals surface area contributed by atoms with Gasteiger partial charge in [-0.25, -0.2) is 0 Å². The van der Waals surface area contributed by atoms with Crippen LogP contribution in [-0.4, -0.2) is 11.6 Å². The second kappa shape index (κ2) is 5.05. The van der Waals surface area contributed by atoms with Gasteiger partial charge < -0.3 is 9.72 Å². The average molecular weight is 273 g/mol. The van der Waals surface area contributed by atoms with Crippen molar-refractivity contribution in [3.63, 3.8) is 0 Å². The number of aromatic amines is 1. The molecule has 98 valence electrons. The van der Waals surface area contributed by atoms with Crippen molar-refractivity contribution in [2.75, 3.05) is 6.61 Å². The number of hydrogen-bond donors (Lipinski definition) is 1. The zero-order chi connectivity index (χ0) is 13.2. The normalized spacial score (nSPS) is 16.3. The smallest absolute Gasteiger partial charge is 0.266 e. The lowest BCUT2D eigenvalue weighted by atomic mass is 10.0. The van der Waals surface area contributed by atoms with Gasteiger partial charge in [-0.15, -0.1) is 11.3 Å². The van der Waals surface area contributed by atoms with Gasteiger partial charge in [0.25, 0.3) is 5.56 Å². The summed E-state index contributed by atoms with van der Waals surface area (Å²) in [5.74, 6) is 0.978. The maximum atomic E-state index is 11.8. The highest BCUT2D eigenvalue weighted by molar-refractivity contribution is 7.07. The molecule has 1 N–H and O–H groups in total. The zero-order valence-electron chi connectivity index (χ0n) is 10.7. The Morgan fingerprint density at radius 1 is 1.42 bits per heavy atom. The largest absolute Gasteiger partial charge is 0.493 e. The Hall–Kier alpha value is -1.81. The minimum Gasteiger partial charge on any atom is -0.493 e. The van der Waals surface area contributed by atoms with E-state index in [0.29, 0.717) is 0 Å². The molecule has 19 heavy (non-hydrogen) atoms. The van der Waals surface area contributed by atoms with Crippen molar-refractivity contribution in [3.8, 4) is 5.75 Å². The molecule has 0 amide bonds. The van der Waals surface area contributed by atoms with Crippen molar-refractivity contribution in [2.45, 2.75) is 19.8 Å². The number of thiazole rings is 1. The number of H-pyrrole nitrogens is 1. The molecule has 4 heteroatoms. The summed E-state index contributed by atoms with van der Waals surface area (Å²) in [5.41, 5.74) is 2.27. The molecule has 0 aliphatic carbocycles.